The predicted molar refractivity (Wildman–Crippen MR) is 93.4 cm³/mol. The Kier molecular flexibility index (Phi) is 5.66. The average Bonchev–Trinajstić information content (AvgIpc) is 2.91. The lowest BCUT2D eigenvalue weighted by Crippen LogP contribution is -2.31. The van der Waals surface area contributed by atoms with Crippen molar-refractivity contribution >= 4 is 23.5 Å². The van der Waals surface area contributed by atoms with Crippen LogP contribution in [0.1, 0.15) is 19.4 Å². The summed E-state index contributed by atoms with van der Waals surface area (Å²) in [5.74, 6) is -1.97. The Morgan fingerprint density at radius 3 is 2.38 bits per heavy atom. The van der Waals surface area contributed by atoms with Gasteiger partial charge in [0, 0.05) is 12.2 Å². The number of benzene rings is 1. The molecule has 0 radical (unpaired) electrons. The molecular weight excluding hydrogens is 340 g/mol. The van der Waals surface area contributed by atoms with Crippen molar-refractivity contribution in [2.24, 2.45) is 0 Å². The van der Waals surface area contributed by atoms with E-state index in [9.17, 15) is 19.5 Å². The van der Waals surface area contributed by atoms with Crippen molar-refractivity contribution in [1.29, 1.82) is 0 Å². The van der Waals surface area contributed by atoms with E-state index in [-0.39, 0.29) is 31.0 Å². The number of methoxy groups -OCH3 is 1. The van der Waals surface area contributed by atoms with Gasteiger partial charge in [0.2, 0.25) is 0 Å². The first-order valence-corrected chi connectivity index (χ1v) is 8.05. The molecule has 1 aromatic rings. The van der Waals surface area contributed by atoms with Gasteiger partial charge >= 0.3 is 11.9 Å². The summed E-state index contributed by atoms with van der Waals surface area (Å²) in [7, 11) is 1.23. The number of aliphatic hydroxyl groups excluding tert-OH is 1. The number of esters is 1. The van der Waals surface area contributed by atoms with Crippen LogP contribution in [0.2, 0.25) is 0 Å². The van der Waals surface area contributed by atoms with Crippen molar-refractivity contribution in [2.75, 3.05) is 32.1 Å². The van der Waals surface area contributed by atoms with Crippen molar-refractivity contribution in [2.45, 2.75) is 19.3 Å². The molecule has 8 heteroatoms. The number of β-amino-alcohol motifs (C(OH)–C–C–N with tert-alkyl or cyclic N) is 1. The van der Waals surface area contributed by atoms with Gasteiger partial charge in [0.25, 0.3) is 5.91 Å². The maximum Gasteiger partial charge on any atom is 0.337 e. The van der Waals surface area contributed by atoms with Crippen LogP contribution < -0.4 is 5.32 Å². The van der Waals surface area contributed by atoms with Crippen LogP contribution in [0, 0.1) is 0 Å². The van der Waals surface area contributed by atoms with Crippen molar-refractivity contribution in [3.8, 4) is 0 Å². The number of aliphatic hydroxyl groups is 1. The molecule has 0 saturated carbocycles. The molecule has 0 bridgehead atoms. The standard InChI is InChI=1S/C18H22N2O6/c1-18(2,17(24)25)11-4-6-12(7-5-11)19-14-13(16(23)26-3)10-20(8-9-21)15(14)22/h4-7,19,21H,8-10H2,1-3H3,(H,24,25). The number of hydrogen-bond acceptors (Lipinski definition) is 6. The summed E-state index contributed by atoms with van der Waals surface area (Å²) >= 11 is 0. The number of nitrogens with zero attached hydrogens (tertiary/aromatic N) is 1. The number of ether oxygens (including phenoxy) is 1. The summed E-state index contributed by atoms with van der Waals surface area (Å²) in [5.41, 5.74) is 0.371. The third-order valence-corrected chi connectivity index (χ3v) is 4.36. The zero-order valence-corrected chi connectivity index (χ0v) is 14.9. The van der Waals surface area contributed by atoms with Crippen LogP contribution in [-0.2, 0) is 24.5 Å². The van der Waals surface area contributed by atoms with E-state index >= 15 is 0 Å². The first-order valence-electron chi connectivity index (χ1n) is 8.05. The van der Waals surface area contributed by atoms with Crippen LogP contribution in [0.4, 0.5) is 5.69 Å². The Balaban J connectivity index is 2.28. The van der Waals surface area contributed by atoms with Crippen LogP contribution in [0.15, 0.2) is 35.5 Å². The SMILES string of the molecule is COC(=O)C1=C(Nc2ccc(C(C)(C)C(=O)O)cc2)C(=O)N(CCO)C1. The minimum Gasteiger partial charge on any atom is -0.481 e. The molecule has 2 rings (SSSR count). The highest BCUT2D eigenvalue weighted by molar-refractivity contribution is 6.08. The van der Waals surface area contributed by atoms with Gasteiger partial charge in [-0.3, -0.25) is 9.59 Å². The average molecular weight is 362 g/mol. The van der Waals surface area contributed by atoms with E-state index in [1.807, 2.05) is 0 Å². The van der Waals surface area contributed by atoms with Gasteiger partial charge in [-0.25, -0.2) is 4.79 Å². The molecule has 1 amide bonds. The van der Waals surface area contributed by atoms with Crippen molar-refractivity contribution in [3.05, 3.63) is 41.1 Å². The number of carbonyl (C=O) groups is 3. The number of amides is 1. The third kappa shape index (κ3) is 3.70. The Morgan fingerprint density at radius 1 is 1.27 bits per heavy atom. The second kappa shape index (κ2) is 7.57. The van der Waals surface area contributed by atoms with E-state index < -0.39 is 23.3 Å². The van der Waals surface area contributed by atoms with Gasteiger partial charge in [-0.15, -0.1) is 0 Å². The summed E-state index contributed by atoms with van der Waals surface area (Å²) in [6, 6.07) is 6.59. The molecule has 0 aliphatic carbocycles. The molecule has 1 aromatic carbocycles. The molecule has 1 aliphatic rings. The number of nitrogens with one attached hydrogen (secondary N) is 1. The lowest BCUT2D eigenvalue weighted by molar-refractivity contribution is -0.142. The second-order valence-corrected chi connectivity index (χ2v) is 6.43. The highest BCUT2D eigenvalue weighted by atomic mass is 16.5. The fourth-order valence-corrected chi connectivity index (χ4v) is 2.59. The Hall–Kier alpha value is -2.87. The van der Waals surface area contributed by atoms with Gasteiger partial charge < -0.3 is 25.2 Å². The number of rotatable bonds is 7. The fraction of sp³-hybridized carbons (Fsp3) is 0.389. The monoisotopic (exact) mass is 362 g/mol. The first-order chi connectivity index (χ1) is 12.2. The number of carboxylic acid groups (broad SMARTS) is 1. The van der Waals surface area contributed by atoms with Gasteiger partial charge in [0.1, 0.15) is 5.70 Å². The normalized spacial score (nSPS) is 14.6. The lowest BCUT2D eigenvalue weighted by atomic mass is 9.85. The van der Waals surface area contributed by atoms with Crippen molar-refractivity contribution in [1.82, 2.24) is 4.90 Å². The molecule has 1 aliphatic heterocycles. The van der Waals surface area contributed by atoms with Gasteiger partial charge in [-0.2, -0.15) is 0 Å². The van der Waals surface area contributed by atoms with Gasteiger partial charge in [0.05, 0.1) is 31.2 Å². The number of aliphatic carboxylic acids is 1. The Labute approximate surface area is 151 Å². The molecule has 0 aromatic heterocycles. The third-order valence-electron chi connectivity index (χ3n) is 4.36. The van der Waals surface area contributed by atoms with E-state index in [1.54, 1.807) is 38.1 Å². The molecule has 0 unspecified atom stereocenters. The van der Waals surface area contributed by atoms with Gasteiger partial charge in [-0.05, 0) is 31.5 Å². The Morgan fingerprint density at radius 2 is 1.88 bits per heavy atom. The van der Waals surface area contributed by atoms with Crippen molar-refractivity contribution in [3.63, 3.8) is 0 Å². The molecular formula is C18H22N2O6. The molecule has 0 fully saturated rings. The largest absolute Gasteiger partial charge is 0.481 e. The van der Waals surface area contributed by atoms with Gasteiger partial charge in [0.15, 0.2) is 0 Å². The van der Waals surface area contributed by atoms with E-state index in [2.05, 4.69) is 5.32 Å². The van der Waals surface area contributed by atoms with Crippen molar-refractivity contribution < 1.29 is 29.3 Å². The Bertz CT molecular complexity index is 751. The number of hydrogen-bond donors (Lipinski definition) is 3. The summed E-state index contributed by atoms with van der Waals surface area (Å²) < 4.78 is 4.72. The van der Waals surface area contributed by atoms with Gasteiger partial charge in [-0.1, -0.05) is 12.1 Å². The molecule has 3 N–H and O–H groups in total. The highest BCUT2D eigenvalue weighted by Gasteiger charge is 2.34. The van der Waals surface area contributed by atoms with E-state index in [0.29, 0.717) is 11.3 Å². The summed E-state index contributed by atoms with van der Waals surface area (Å²) in [4.78, 5) is 37.1. The van der Waals surface area contributed by atoms with Crippen LogP contribution in [-0.4, -0.2) is 59.8 Å². The molecule has 0 atom stereocenters. The highest BCUT2D eigenvalue weighted by Crippen LogP contribution is 2.27. The predicted octanol–water partition coefficient (Wildman–Crippen LogP) is 0.722. The maximum atomic E-state index is 12.5. The lowest BCUT2D eigenvalue weighted by Gasteiger charge is -2.20. The van der Waals surface area contributed by atoms with E-state index in [1.165, 1.54) is 12.0 Å². The number of carbonyl (C=O) groups excluding carboxylic acids is 2. The van der Waals surface area contributed by atoms with E-state index in [4.69, 9.17) is 9.84 Å². The smallest absolute Gasteiger partial charge is 0.337 e. The zero-order chi connectivity index (χ0) is 19.5. The topological polar surface area (TPSA) is 116 Å². The number of carboxylic acids is 1. The molecule has 0 spiro atoms. The maximum absolute atomic E-state index is 12.5. The summed E-state index contributed by atoms with van der Waals surface area (Å²) in [5, 5.41) is 21.3. The molecule has 0 saturated heterocycles. The molecule has 8 nitrogen and oxygen atoms in total. The zero-order valence-electron chi connectivity index (χ0n) is 14.9. The molecule has 1 heterocycles. The van der Waals surface area contributed by atoms with Crippen LogP contribution in [0.3, 0.4) is 0 Å². The molecule has 26 heavy (non-hydrogen) atoms. The van der Waals surface area contributed by atoms with Crippen LogP contribution in [0.5, 0.6) is 0 Å². The van der Waals surface area contributed by atoms with Crippen LogP contribution >= 0.6 is 0 Å². The minimum atomic E-state index is -1.05. The second-order valence-electron chi connectivity index (χ2n) is 6.43. The number of anilines is 1. The minimum absolute atomic E-state index is 0.0541. The van der Waals surface area contributed by atoms with E-state index in [0.717, 1.165) is 0 Å². The first kappa shape index (κ1) is 19.5. The summed E-state index contributed by atoms with van der Waals surface area (Å²) in [6.45, 7) is 3.15. The summed E-state index contributed by atoms with van der Waals surface area (Å²) in [6.07, 6.45) is 0. The fourth-order valence-electron chi connectivity index (χ4n) is 2.59. The quantitative estimate of drug-likeness (QED) is 0.612. The molecule has 140 valence electrons. The van der Waals surface area contributed by atoms with Crippen LogP contribution in [0.25, 0.3) is 0 Å².